The van der Waals surface area contributed by atoms with Crippen molar-refractivity contribution in [1.82, 2.24) is 19.3 Å². The molecule has 2 saturated heterocycles. The predicted molar refractivity (Wildman–Crippen MR) is 122 cm³/mol. The second-order valence-electron chi connectivity index (χ2n) is 8.13. The molecule has 0 atom stereocenters. The number of rotatable bonds is 6. The van der Waals surface area contributed by atoms with Gasteiger partial charge in [-0.25, -0.2) is 0 Å². The predicted octanol–water partition coefficient (Wildman–Crippen LogP) is 1.57. The van der Waals surface area contributed by atoms with Crippen LogP contribution in [0.15, 0.2) is 36.5 Å². The maximum Gasteiger partial charge on any atom is 0.246 e. The van der Waals surface area contributed by atoms with Gasteiger partial charge in [0.05, 0.1) is 32.2 Å². The van der Waals surface area contributed by atoms with Crippen LogP contribution in [0.4, 0.5) is 0 Å². The largest absolute Gasteiger partial charge is 0.378 e. The highest BCUT2D eigenvalue weighted by Crippen LogP contribution is 2.23. The second-order valence-corrected chi connectivity index (χ2v) is 8.13. The van der Waals surface area contributed by atoms with E-state index in [1.807, 2.05) is 46.3 Å². The number of hydrogen-bond acceptors (Lipinski definition) is 5. The Balaban J connectivity index is 1.32. The van der Waals surface area contributed by atoms with Crippen LogP contribution in [0.25, 0.3) is 17.0 Å². The Labute approximate surface area is 188 Å². The Morgan fingerprint density at radius 3 is 2.53 bits per heavy atom. The van der Waals surface area contributed by atoms with Gasteiger partial charge in [0, 0.05) is 74.6 Å². The van der Waals surface area contributed by atoms with E-state index in [9.17, 15) is 9.59 Å². The lowest BCUT2D eigenvalue weighted by molar-refractivity contribution is -0.137. The smallest absolute Gasteiger partial charge is 0.246 e. The van der Waals surface area contributed by atoms with Crippen LogP contribution in [-0.4, -0.2) is 90.1 Å². The molecule has 8 nitrogen and oxygen atoms in total. The summed E-state index contributed by atoms with van der Waals surface area (Å²) in [5.74, 6) is 0.124. The maximum absolute atomic E-state index is 12.7. The van der Waals surface area contributed by atoms with Crippen LogP contribution in [0.3, 0.4) is 0 Å². The van der Waals surface area contributed by atoms with Crippen molar-refractivity contribution in [3.63, 3.8) is 0 Å². The zero-order valence-electron chi connectivity index (χ0n) is 18.3. The summed E-state index contributed by atoms with van der Waals surface area (Å²) in [4.78, 5) is 31.0. The number of para-hydroxylation sites is 1. The van der Waals surface area contributed by atoms with E-state index in [0.29, 0.717) is 72.0 Å². The van der Waals surface area contributed by atoms with E-state index in [2.05, 4.69) is 15.5 Å². The summed E-state index contributed by atoms with van der Waals surface area (Å²) in [6.07, 6.45) is 5.94. The Hall–Kier alpha value is -3.15. The summed E-state index contributed by atoms with van der Waals surface area (Å²) in [6.45, 7) is 6.20. The Morgan fingerprint density at radius 2 is 1.78 bits per heavy atom. The van der Waals surface area contributed by atoms with Gasteiger partial charge in [-0.3, -0.25) is 14.5 Å². The fourth-order valence-corrected chi connectivity index (χ4v) is 4.26. The highest BCUT2D eigenvalue weighted by molar-refractivity contribution is 5.96. The Bertz CT molecular complexity index is 1020. The molecule has 2 aliphatic heterocycles. The van der Waals surface area contributed by atoms with E-state index < -0.39 is 0 Å². The summed E-state index contributed by atoms with van der Waals surface area (Å²) < 4.78 is 7.37. The minimum Gasteiger partial charge on any atom is -0.378 e. The van der Waals surface area contributed by atoms with Gasteiger partial charge in [0.2, 0.25) is 11.8 Å². The van der Waals surface area contributed by atoms with Crippen molar-refractivity contribution in [3.8, 4) is 6.07 Å². The standard InChI is InChI=1S/C24H29N5O3/c25-8-3-9-29-18-20(21-4-1-2-5-22(21)29)6-7-23(30)27-12-10-26(11-13-27)19-24(31)28-14-16-32-17-15-28/h1-2,4-7,18H,3,9-17,19H2. The highest BCUT2D eigenvalue weighted by atomic mass is 16.5. The molecule has 2 amide bonds. The highest BCUT2D eigenvalue weighted by Gasteiger charge is 2.24. The number of nitrogens with zero attached hydrogens (tertiary/aromatic N) is 5. The van der Waals surface area contributed by atoms with Crippen LogP contribution >= 0.6 is 0 Å². The summed E-state index contributed by atoms with van der Waals surface area (Å²) in [7, 11) is 0. The Kier molecular flexibility index (Phi) is 7.20. The normalized spacial score (nSPS) is 17.7. The second kappa shape index (κ2) is 10.4. The van der Waals surface area contributed by atoms with Crippen molar-refractivity contribution in [3.05, 3.63) is 42.1 Å². The molecule has 0 bridgehead atoms. The minimum absolute atomic E-state index is 0.0157. The molecule has 2 aromatic rings. The lowest BCUT2D eigenvalue weighted by Crippen LogP contribution is -2.52. The van der Waals surface area contributed by atoms with E-state index in [4.69, 9.17) is 10.00 Å². The molecule has 168 valence electrons. The molecule has 0 radical (unpaired) electrons. The number of amides is 2. The monoisotopic (exact) mass is 435 g/mol. The maximum atomic E-state index is 12.7. The number of ether oxygens (including phenoxy) is 1. The number of benzene rings is 1. The zero-order chi connectivity index (χ0) is 22.3. The van der Waals surface area contributed by atoms with Crippen molar-refractivity contribution in [2.24, 2.45) is 0 Å². The third kappa shape index (κ3) is 5.18. The number of aryl methyl sites for hydroxylation is 1. The lowest BCUT2D eigenvalue weighted by atomic mass is 10.1. The first-order valence-electron chi connectivity index (χ1n) is 11.2. The molecule has 1 aromatic carbocycles. The van der Waals surface area contributed by atoms with Gasteiger partial charge < -0.3 is 19.1 Å². The number of fused-ring (bicyclic) bond motifs is 1. The molecule has 3 heterocycles. The fourth-order valence-electron chi connectivity index (χ4n) is 4.26. The number of piperazine rings is 1. The van der Waals surface area contributed by atoms with Crippen LogP contribution in [0, 0.1) is 11.3 Å². The van der Waals surface area contributed by atoms with Gasteiger partial charge in [-0.15, -0.1) is 0 Å². The number of carbonyl (C=O) groups is 2. The number of nitriles is 1. The van der Waals surface area contributed by atoms with Crippen LogP contribution < -0.4 is 0 Å². The zero-order valence-corrected chi connectivity index (χ0v) is 18.3. The van der Waals surface area contributed by atoms with Crippen LogP contribution in [0.2, 0.25) is 0 Å². The quantitative estimate of drug-likeness (QED) is 0.644. The molecule has 2 aliphatic rings. The number of carbonyl (C=O) groups excluding carboxylic acids is 2. The third-order valence-corrected chi connectivity index (χ3v) is 6.10. The lowest BCUT2D eigenvalue weighted by Gasteiger charge is -2.35. The molecule has 32 heavy (non-hydrogen) atoms. The molecular weight excluding hydrogens is 406 g/mol. The molecule has 1 aromatic heterocycles. The van der Waals surface area contributed by atoms with Gasteiger partial charge in [0.25, 0.3) is 0 Å². The van der Waals surface area contributed by atoms with Gasteiger partial charge in [-0.05, 0) is 12.1 Å². The SMILES string of the molecule is N#CCCn1cc(C=CC(=O)N2CCN(CC(=O)N3CCOCC3)CC2)c2ccccc21. The van der Waals surface area contributed by atoms with Gasteiger partial charge >= 0.3 is 0 Å². The average molecular weight is 436 g/mol. The first-order valence-corrected chi connectivity index (χ1v) is 11.2. The third-order valence-electron chi connectivity index (χ3n) is 6.10. The van der Waals surface area contributed by atoms with Gasteiger partial charge in [-0.1, -0.05) is 18.2 Å². The fraction of sp³-hybridized carbons (Fsp3) is 0.458. The molecule has 4 rings (SSSR count). The van der Waals surface area contributed by atoms with Gasteiger partial charge in [-0.2, -0.15) is 5.26 Å². The van der Waals surface area contributed by atoms with Gasteiger partial charge in [0.1, 0.15) is 0 Å². The summed E-state index contributed by atoms with van der Waals surface area (Å²) in [6, 6.07) is 10.2. The molecule has 0 saturated carbocycles. The molecule has 0 N–H and O–H groups in total. The number of hydrogen-bond donors (Lipinski definition) is 0. The molecule has 2 fully saturated rings. The van der Waals surface area contributed by atoms with Gasteiger partial charge in [0.15, 0.2) is 0 Å². The molecule has 8 heteroatoms. The summed E-state index contributed by atoms with van der Waals surface area (Å²) in [5.41, 5.74) is 2.04. The first kappa shape index (κ1) is 22.1. The summed E-state index contributed by atoms with van der Waals surface area (Å²) in [5, 5.41) is 9.97. The number of morpholine rings is 1. The number of aromatic nitrogens is 1. The molecule has 0 unspecified atom stereocenters. The van der Waals surface area contributed by atoms with Crippen LogP contribution in [-0.2, 0) is 20.9 Å². The van der Waals surface area contributed by atoms with Crippen LogP contribution in [0.1, 0.15) is 12.0 Å². The van der Waals surface area contributed by atoms with Crippen molar-refractivity contribution in [2.75, 3.05) is 59.0 Å². The van der Waals surface area contributed by atoms with E-state index in [1.165, 1.54) is 0 Å². The van der Waals surface area contributed by atoms with Crippen molar-refractivity contribution < 1.29 is 14.3 Å². The topological polar surface area (TPSA) is 81.8 Å². The van der Waals surface area contributed by atoms with Crippen molar-refractivity contribution >= 4 is 28.8 Å². The molecule has 0 aliphatic carbocycles. The van der Waals surface area contributed by atoms with E-state index in [0.717, 1.165) is 16.5 Å². The molecular formula is C24H29N5O3. The van der Waals surface area contributed by atoms with Crippen molar-refractivity contribution in [2.45, 2.75) is 13.0 Å². The van der Waals surface area contributed by atoms with E-state index >= 15 is 0 Å². The first-order chi connectivity index (χ1) is 15.7. The minimum atomic E-state index is -0.0157. The summed E-state index contributed by atoms with van der Waals surface area (Å²) >= 11 is 0. The van der Waals surface area contributed by atoms with E-state index in [-0.39, 0.29) is 11.8 Å². The van der Waals surface area contributed by atoms with Crippen LogP contribution in [0.5, 0.6) is 0 Å². The average Bonchev–Trinajstić information content (AvgIpc) is 3.20. The van der Waals surface area contributed by atoms with Crippen molar-refractivity contribution in [1.29, 1.82) is 5.26 Å². The molecule has 0 spiro atoms. The van der Waals surface area contributed by atoms with E-state index in [1.54, 1.807) is 6.08 Å². The Morgan fingerprint density at radius 1 is 1.03 bits per heavy atom.